The van der Waals surface area contributed by atoms with Crippen molar-refractivity contribution in [2.24, 2.45) is 0 Å². The zero-order valence-electron chi connectivity index (χ0n) is 6.87. The van der Waals surface area contributed by atoms with Crippen LogP contribution in [0.15, 0.2) is 9.98 Å². The Morgan fingerprint density at radius 2 is 2.50 bits per heavy atom. The summed E-state index contributed by atoms with van der Waals surface area (Å²) in [5.41, 5.74) is -0.981. The highest BCUT2D eigenvalue weighted by atomic mass is 79.9. The summed E-state index contributed by atoms with van der Waals surface area (Å²) in [7, 11) is 1.55. The van der Waals surface area contributed by atoms with Crippen LogP contribution in [0.5, 0.6) is 0 Å². The highest BCUT2D eigenvalue weighted by Crippen LogP contribution is 2.26. The molecule has 1 heterocycles. The molecule has 5 heteroatoms. The zero-order chi connectivity index (χ0) is 9.19. The monoisotopic (exact) mass is 251 g/mol. The smallest absolute Gasteiger partial charge is 0.136 e. The second-order valence-electron chi connectivity index (χ2n) is 2.68. The normalized spacial score (nSPS) is 16.0. The first-order chi connectivity index (χ1) is 5.56. The molecule has 0 bridgehead atoms. The topological polar surface area (TPSA) is 42.4 Å². The van der Waals surface area contributed by atoms with E-state index in [-0.39, 0.29) is 6.61 Å². The molecular formula is C7H10BrNO2S. The van der Waals surface area contributed by atoms with Gasteiger partial charge in [-0.1, -0.05) is 0 Å². The fraction of sp³-hybridized carbons (Fsp3) is 0.571. The van der Waals surface area contributed by atoms with Gasteiger partial charge in [0, 0.05) is 12.5 Å². The molecule has 12 heavy (non-hydrogen) atoms. The van der Waals surface area contributed by atoms with Gasteiger partial charge in [0.15, 0.2) is 0 Å². The molecule has 3 nitrogen and oxygen atoms in total. The van der Waals surface area contributed by atoms with Gasteiger partial charge in [-0.25, -0.2) is 4.98 Å². The number of ether oxygens (including phenoxy) is 1. The van der Waals surface area contributed by atoms with Crippen molar-refractivity contribution in [1.29, 1.82) is 0 Å². The maximum absolute atomic E-state index is 9.80. The van der Waals surface area contributed by atoms with Crippen molar-refractivity contribution < 1.29 is 9.84 Å². The van der Waals surface area contributed by atoms with Crippen LogP contribution in [0.3, 0.4) is 0 Å². The summed E-state index contributed by atoms with van der Waals surface area (Å²) in [6, 6.07) is 0. The van der Waals surface area contributed by atoms with Crippen LogP contribution in [0.1, 0.15) is 11.9 Å². The minimum atomic E-state index is -0.981. The number of aromatic nitrogens is 1. The van der Waals surface area contributed by atoms with Gasteiger partial charge in [0.05, 0.1) is 6.61 Å². The van der Waals surface area contributed by atoms with Crippen molar-refractivity contribution >= 4 is 27.3 Å². The predicted octanol–water partition coefficient (Wildman–Crippen LogP) is 1.76. The van der Waals surface area contributed by atoms with E-state index in [4.69, 9.17) is 4.74 Å². The molecule has 1 unspecified atom stereocenters. The zero-order valence-corrected chi connectivity index (χ0v) is 9.28. The molecule has 1 atom stereocenters. The number of methoxy groups -OCH3 is 1. The summed E-state index contributed by atoms with van der Waals surface area (Å²) < 4.78 is 5.62. The lowest BCUT2D eigenvalue weighted by Gasteiger charge is -2.18. The lowest BCUT2D eigenvalue weighted by atomic mass is 10.1. The molecule has 1 aromatic heterocycles. The first-order valence-corrected chi connectivity index (χ1v) is 5.06. The van der Waals surface area contributed by atoms with E-state index in [1.807, 2.05) is 5.38 Å². The van der Waals surface area contributed by atoms with E-state index in [0.29, 0.717) is 5.01 Å². The fourth-order valence-electron chi connectivity index (χ4n) is 0.844. The van der Waals surface area contributed by atoms with Crippen LogP contribution >= 0.6 is 27.3 Å². The molecule has 1 rings (SSSR count). The van der Waals surface area contributed by atoms with Gasteiger partial charge in [-0.15, -0.1) is 11.3 Å². The Balaban J connectivity index is 2.81. The third-order valence-electron chi connectivity index (χ3n) is 1.36. The molecule has 0 aliphatic carbocycles. The molecule has 0 aliphatic rings. The van der Waals surface area contributed by atoms with Gasteiger partial charge < -0.3 is 9.84 Å². The van der Waals surface area contributed by atoms with Crippen LogP contribution in [0.4, 0.5) is 0 Å². The van der Waals surface area contributed by atoms with Gasteiger partial charge in [0.25, 0.3) is 0 Å². The SMILES string of the molecule is COCC(C)(O)c1nc(Br)cs1. The van der Waals surface area contributed by atoms with Crippen molar-refractivity contribution in [3.63, 3.8) is 0 Å². The number of hydrogen-bond acceptors (Lipinski definition) is 4. The number of thiazole rings is 1. The summed E-state index contributed by atoms with van der Waals surface area (Å²) >= 11 is 4.63. The Bertz CT molecular complexity index is 262. The van der Waals surface area contributed by atoms with Crippen molar-refractivity contribution in [3.8, 4) is 0 Å². The van der Waals surface area contributed by atoms with Gasteiger partial charge in [-0.2, -0.15) is 0 Å². The summed E-state index contributed by atoms with van der Waals surface area (Å²) in [6.07, 6.45) is 0. The first kappa shape index (κ1) is 10.1. The number of halogens is 1. The number of nitrogens with zero attached hydrogens (tertiary/aromatic N) is 1. The Morgan fingerprint density at radius 3 is 2.92 bits per heavy atom. The van der Waals surface area contributed by atoms with Crippen molar-refractivity contribution in [2.45, 2.75) is 12.5 Å². The van der Waals surface area contributed by atoms with Crippen molar-refractivity contribution in [1.82, 2.24) is 4.98 Å². The maximum atomic E-state index is 9.80. The van der Waals surface area contributed by atoms with Gasteiger partial charge in [-0.3, -0.25) is 0 Å². The molecule has 0 aromatic carbocycles. The lowest BCUT2D eigenvalue weighted by molar-refractivity contribution is -0.0210. The molecular weight excluding hydrogens is 242 g/mol. The van der Waals surface area contributed by atoms with E-state index in [9.17, 15) is 5.11 Å². The van der Waals surface area contributed by atoms with Crippen LogP contribution in [0.25, 0.3) is 0 Å². The quantitative estimate of drug-likeness (QED) is 0.891. The van der Waals surface area contributed by atoms with E-state index in [1.165, 1.54) is 11.3 Å². The largest absolute Gasteiger partial charge is 0.381 e. The second-order valence-corrected chi connectivity index (χ2v) is 4.35. The fourth-order valence-corrected chi connectivity index (χ4v) is 2.14. The maximum Gasteiger partial charge on any atom is 0.136 e. The minimum absolute atomic E-state index is 0.257. The van der Waals surface area contributed by atoms with Crippen molar-refractivity contribution in [3.05, 3.63) is 15.0 Å². The molecule has 0 saturated carbocycles. The average Bonchev–Trinajstić information content (AvgIpc) is 2.36. The molecule has 0 spiro atoms. The van der Waals surface area contributed by atoms with Gasteiger partial charge in [-0.05, 0) is 22.9 Å². The standard InChI is InChI=1S/C7H10BrNO2S/c1-7(10,4-11-2)6-9-5(8)3-12-6/h3,10H,4H2,1-2H3. The molecule has 0 fully saturated rings. The Morgan fingerprint density at radius 1 is 1.83 bits per heavy atom. The van der Waals surface area contributed by atoms with Gasteiger partial charge in [0.1, 0.15) is 15.2 Å². The molecule has 0 radical (unpaired) electrons. The van der Waals surface area contributed by atoms with Crippen molar-refractivity contribution in [2.75, 3.05) is 13.7 Å². The first-order valence-electron chi connectivity index (χ1n) is 3.39. The van der Waals surface area contributed by atoms with E-state index in [1.54, 1.807) is 14.0 Å². The van der Waals surface area contributed by atoms with E-state index in [0.717, 1.165) is 4.60 Å². The molecule has 1 aromatic rings. The highest BCUT2D eigenvalue weighted by molar-refractivity contribution is 9.10. The van der Waals surface area contributed by atoms with Gasteiger partial charge >= 0.3 is 0 Å². The summed E-state index contributed by atoms with van der Waals surface area (Å²) in [6.45, 7) is 1.94. The Kier molecular flexibility index (Phi) is 3.22. The predicted molar refractivity (Wildman–Crippen MR) is 51.3 cm³/mol. The molecule has 0 aliphatic heterocycles. The van der Waals surface area contributed by atoms with Crippen LogP contribution in [-0.4, -0.2) is 23.8 Å². The van der Waals surface area contributed by atoms with Crippen LogP contribution in [0.2, 0.25) is 0 Å². The van der Waals surface area contributed by atoms with Crippen LogP contribution in [0, 0.1) is 0 Å². The van der Waals surface area contributed by atoms with Crippen LogP contribution < -0.4 is 0 Å². The van der Waals surface area contributed by atoms with E-state index >= 15 is 0 Å². The minimum Gasteiger partial charge on any atom is -0.381 e. The molecule has 0 saturated heterocycles. The van der Waals surface area contributed by atoms with Gasteiger partial charge in [0.2, 0.25) is 0 Å². The highest BCUT2D eigenvalue weighted by Gasteiger charge is 2.26. The third-order valence-corrected chi connectivity index (χ3v) is 3.17. The number of rotatable bonds is 3. The summed E-state index contributed by atoms with van der Waals surface area (Å²) in [5, 5.41) is 12.3. The van der Waals surface area contributed by atoms with Crippen LogP contribution in [-0.2, 0) is 10.3 Å². The Labute approximate surface area is 83.5 Å². The number of aliphatic hydroxyl groups is 1. The average molecular weight is 252 g/mol. The van der Waals surface area contributed by atoms with E-state index in [2.05, 4.69) is 20.9 Å². The molecule has 68 valence electrons. The number of hydrogen-bond donors (Lipinski definition) is 1. The second kappa shape index (κ2) is 3.83. The third kappa shape index (κ3) is 2.26. The summed E-state index contributed by atoms with van der Waals surface area (Å²) in [5.74, 6) is 0. The van der Waals surface area contributed by atoms with E-state index < -0.39 is 5.60 Å². The lowest BCUT2D eigenvalue weighted by Crippen LogP contribution is -2.26. The summed E-state index contributed by atoms with van der Waals surface area (Å²) in [4.78, 5) is 4.11. The molecule has 0 amide bonds. The molecule has 1 N–H and O–H groups in total. The Hall–Kier alpha value is 0.0300.